The number of ether oxygens (including phenoxy) is 1. The van der Waals surface area contributed by atoms with Gasteiger partial charge in [-0.1, -0.05) is 37.6 Å². The number of carbonyl (C=O) groups is 3. The average molecular weight is 424 g/mol. The average Bonchev–Trinajstić information content (AvgIpc) is 3.48. The molecule has 0 spiro atoms. The van der Waals surface area contributed by atoms with Crippen LogP contribution in [0.4, 0.5) is 5.69 Å². The molecule has 158 valence electrons. The van der Waals surface area contributed by atoms with E-state index in [1.54, 1.807) is 4.90 Å². The van der Waals surface area contributed by atoms with Gasteiger partial charge in [0, 0.05) is 26.2 Å². The summed E-state index contributed by atoms with van der Waals surface area (Å²) in [6, 6.07) is 6.90. The van der Waals surface area contributed by atoms with Crippen LogP contribution in [0.2, 0.25) is 5.02 Å². The van der Waals surface area contributed by atoms with Gasteiger partial charge in [0.25, 0.3) is 5.91 Å². The van der Waals surface area contributed by atoms with Gasteiger partial charge in [-0.3, -0.25) is 9.59 Å². The predicted octanol–water partition coefficient (Wildman–Crippen LogP) is 1.37. The van der Waals surface area contributed by atoms with Crippen LogP contribution in [-0.2, 0) is 19.1 Å². The molecule has 3 rings (SSSR count). The summed E-state index contributed by atoms with van der Waals surface area (Å²) in [7, 11) is 0. The molecule has 2 fully saturated rings. The first-order valence-electron chi connectivity index (χ1n) is 9.75. The molecule has 0 bridgehead atoms. The van der Waals surface area contributed by atoms with Crippen molar-refractivity contribution in [3.8, 4) is 0 Å². The molecule has 2 aliphatic rings. The lowest BCUT2D eigenvalue weighted by Gasteiger charge is -2.38. The Bertz CT molecular complexity index is 779. The lowest BCUT2D eigenvalue weighted by atomic mass is 10.0. The number of epoxide rings is 1. The maximum absolute atomic E-state index is 13.0. The monoisotopic (exact) mass is 423 g/mol. The van der Waals surface area contributed by atoms with Crippen LogP contribution in [0.1, 0.15) is 20.3 Å². The largest absolute Gasteiger partial charge is 0.479 e. The third kappa shape index (κ3) is 5.19. The molecular weight excluding hydrogens is 398 g/mol. The first kappa shape index (κ1) is 21.4. The molecule has 2 aliphatic heterocycles. The summed E-state index contributed by atoms with van der Waals surface area (Å²) in [4.78, 5) is 40.1. The molecule has 8 nitrogen and oxygen atoms in total. The second-order valence-electron chi connectivity index (χ2n) is 7.77. The Kier molecular flexibility index (Phi) is 6.64. The van der Waals surface area contributed by atoms with Crippen LogP contribution < -0.4 is 10.2 Å². The van der Waals surface area contributed by atoms with E-state index in [4.69, 9.17) is 21.4 Å². The molecule has 29 heavy (non-hydrogen) atoms. The fourth-order valence-corrected chi connectivity index (χ4v) is 3.80. The number of benzene rings is 1. The highest BCUT2D eigenvalue weighted by molar-refractivity contribution is 6.33. The number of hydrogen-bond donors (Lipinski definition) is 2. The number of nitrogens with zero attached hydrogens (tertiary/aromatic N) is 2. The zero-order valence-corrected chi connectivity index (χ0v) is 17.3. The molecule has 0 aliphatic carbocycles. The second-order valence-corrected chi connectivity index (χ2v) is 8.18. The molecule has 2 heterocycles. The number of nitrogens with one attached hydrogen (secondary N) is 1. The van der Waals surface area contributed by atoms with E-state index in [1.165, 1.54) is 0 Å². The van der Waals surface area contributed by atoms with Crippen molar-refractivity contribution in [2.45, 2.75) is 38.5 Å². The second kappa shape index (κ2) is 9.00. The fourth-order valence-electron chi connectivity index (χ4n) is 3.54. The smallest absolute Gasteiger partial charge is 0.336 e. The first-order valence-corrected chi connectivity index (χ1v) is 10.1. The summed E-state index contributed by atoms with van der Waals surface area (Å²) in [6.07, 6.45) is -1.67. The third-order valence-corrected chi connectivity index (χ3v) is 5.42. The van der Waals surface area contributed by atoms with E-state index in [0.717, 1.165) is 5.69 Å². The number of anilines is 1. The number of rotatable bonds is 7. The number of carboxylic acids is 1. The molecule has 1 aromatic rings. The molecule has 0 radical (unpaired) electrons. The highest BCUT2D eigenvalue weighted by atomic mass is 35.5. The minimum absolute atomic E-state index is 0.154. The normalized spacial score (nSPS) is 22.3. The molecule has 0 aromatic heterocycles. The number of carboxylic acid groups (broad SMARTS) is 1. The number of aliphatic carboxylic acids is 1. The van der Waals surface area contributed by atoms with Crippen molar-refractivity contribution in [2.24, 2.45) is 5.92 Å². The molecule has 2 amide bonds. The van der Waals surface area contributed by atoms with Crippen LogP contribution in [0.25, 0.3) is 0 Å². The topological polar surface area (TPSA) is 102 Å². The van der Waals surface area contributed by atoms with Crippen molar-refractivity contribution in [2.75, 3.05) is 31.1 Å². The van der Waals surface area contributed by atoms with E-state index in [9.17, 15) is 14.4 Å². The van der Waals surface area contributed by atoms with Crippen molar-refractivity contribution >= 4 is 35.1 Å². The number of piperazine rings is 1. The van der Waals surface area contributed by atoms with Crippen LogP contribution in [0.5, 0.6) is 0 Å². The number of halogens is 1. The van der Waals surface area contributed by atoms with Gasteiger partial charge in [-0.25, -0.2) is 4.79 Å². The van der Waals surface area contributed by atoms with E-state index < -0.39 is 30.1 Å². The predicted molar refractivity (Wildman–Crippen MR) is 108 cm³/mol. The molecular formula is C20H26ClN3O5. The highest BCUT2D eigenvalue weighted by Crippen LogP contribution is 2.26. The van der Waals surface area contributed by atoms with E-state index in [1.807, 2.05) is 38.1 Å². The number of amides is 2. The maximum atomic E-state index is 13.0. The van der Waals surface area contributed by atoms with Gasteiger partial charge < -0.3 is 25.0 Å². The fraction of sp³-hybridized carbons (Fsp3) is 0.550. The Morgan fingerprint density at radius 3 is 2.38 bits per heavy atom. The van der Waals surface area contributed by atoms with E-state index in [2.05, 4.69) is 10.2 Å². The Labute approximate surface area is 174 Å². The Morgan fingerprint density at radius 1 is 1.17 bits per heavy atom. The van der Waals surface area contributed by atoms with Gasteiger partial charge in [-0.2, -0.15) is 0 Å². The quantitative estimate of drug-likeness (QED) is 0.642. The number of para-hydroxylation sites is 1. The van der Waals surface area contributed by atoms with Crippen molar-refractivity contribution in [1.82, 2.24) is 10.2 Å². The van der Waals surface area contributed by atoms with Gasteiger partial charge in [0.15, 0.2) is 12.2 Å². The zero-order chi connectivity index (χ0) is 21.1. The zero-order valence-electron chi connectivity index (χ0n) is 16.5. The lowest BCUT2D eigenvalue weighted by molar-refractivity contribution is -0.138. The van der Waals surface area contributed by atoms with Crippen molar-refractivity contribution in [3.05, 3.63) is 29.3 Å². The van der Waals surface area contributed by atoms with Crippen molar-refractivity contribution < 1.29 is 24.2 Å². The van der Waals surface area contributed by atoms with Crippen LogP contribution in [0.3, 0.4) is 0 Å². The van der Waals surface area contributed by atoms with Gasteiger partial charge in [-0.05, 0) is 24.5 Å². The van der Waals surface area contributed by atoms with E-state index >= 15 is 0 Å². The van der Waals surface area contributed by atoms with Gasteiger partial charge in [-0.15, -0.1) is 0 Å². The van der Waals surface area contributed by atoms with Crippen molar-refractivity contribution in [3.63, 3.8) is 0 Å². The lowest BCUT2D eigenvalue weighted by Crippen LogP contribution is -2.56. The number of carbonyl (C=O) groups excluding carboxylic acids is 2. The summed E-state index contributed by atoms with van der Waals surface area (Å²) in [5.41, 5.74) is 0.943. The minimum atomic E-state index is -1.17. The summed E-state index contributed by atoms with van der Waals surface area (Å²) in [5.74, 6) is -1.69. The number of hydrogen-bond acceptors (Lipinski definition) is 5. The van der Waals surface area contributed by atoms with Crippen LogP contribution in [0.15, 0.2) is 24.3 Å². The standard InChI is InChI=1S/C20H26ClN3O5/c1-12(2)11-14(22-18(25)16-17(29-16)20(27)28)19(26)24-9-7-23(8-10-24)15-6-4-3-5-13(15)21/h3-6,12,14,16-17H,7-11H2,1-2H3,(H,22,25)(H,27,28)/t14-,16-,17-/m0/s1. The maximum Gasteiger partial charge on any atom is 0.336 e. The summed E-state index contributed by atoms with van der Waals surface area (Å²) >= 11 is 6.27. The summed E-state index contributed by atoms with van der Waals surface area (Å²) < 4.78 is 4.89. The van der Waals surface area contributed by atoms with Crippen LogP contribution >= 0.6 is 11.6 Å². The first-order chi connectivity index (χ1) is 13.8. The van der Waals surface area contributed by atoms with Gasteiger partial charge >= 0.3 is 5.97 Å². The van der Waals surface area contributed by atoms with Gasteiger partial charge in [0.1, 0.15) is 6.04 Å². The molecule has 2 saturated heterocycles. The summed E-state index contributed by atoms with van der Waals surface area (Å²) in [6.45, 7) is 6.26. The molecule has 0 unspecified atom stereocenters. The minimum Gasteiger partial charge on any atom is -0.479 e. The Hall–Kier alpha value is -2.32. The van der Waals surface area contributed by atoms with Crippen LogP contribution in [0, 0.1) is 5.92 Å². The van der Waals surface area contributed by atoms with Crippen LogP contribution in [-0.4, -0.2) is 72.2 Å². The van der Waals surface area contributed by atoms with E-state index in [0.29, 0.717) is 37.6 Å². The van der Waals surface area contributed by atoms with E-state index in [-0.39, 0.29) is 11.8 Å². The molecule has 1 aromatic carbocycles. The van der Waals surface area contributed by atoms with Gasteiger partial charge in [0.2, 0.25) is 5.91 Å². The third-order valence-electron chi connectivity index (χ3n) is 5.10. The molecule has 9 heteroatoms. The molecule has 2 N–H and O–H groups in total. The SMILES string of the molecule is CC(C)C[C@H](NC(=O)[C@H]1O[C@@H]1C(=O)O)C(=O)N1CCN(c2ccccc2Cl)CC1. The summed E-state index contributed by atoms with van der Waals surface area (Å²) in [5, 5.41) is 12.3. The van der Waals surface area contributed by atoms with Crippen molar-refractivity contribution in [1.29, 1.82) is 0 Å². The van der Waals surface area contributed by atoms with Gasteiger partial charge in [0.05, 0.1) is 10.7 Å². The molecule has 3 atom stereocenters. The Morgan fingerprint density at radius 2 is 1.83 bits per heavy atom. The Balaban J connectivity index is 1.59. The highest BCUT2D eigenvalue weighted by Gasteiger charge is 2.51. The molecule has 0 saturated carbocycles.